The second-order valence-corrected chi connectivity index (χ2v) is 5.59. The van der Waals surface area contributed by atoms with Gasteiger partial charge in [0.15, 0.2) is 0 Å². The third-order valence-corrected chi connectivity index (χ3v) is 4.25. The molecule has 1 spiro atoms. The van der Waals surface area contributed by atoms with Crippen LogP contribution in [0.25, 0.3) is 0 Å². The van der Waals surface area contributed by atoms with Crippen LogP contribution >= 0.6 is 0 Å². The van der Waals surface area contributed by atoms with Crippen molar-refractivity contribution in [2.24, 2.45) is 11.3 Å². The van der Waals surface area contributed by atoms with Gasteiger partial charge in [-0.15, -0.1) is 0 Å². The van der Waals surface area contributed by atoms with Crippen LogP contribution < -0.4 is 0 Å². The first kappa shape index (κ1) is 10.9. The van der Waals surface area contributed by atoms with Crippen LogP contribution in [0.15, 0.2) is 0 Å². The zero-order valence-electron chi connectivity index (χ0n) is 9.70. The van der Waals surface area contributed by atoms with Crippen molar-refractivity contribution in [3.8, 4) is 0 Å². The van der Waals surface area contributed by atoms with E-state index in [2.05, 4.69) is 18.7 Å². The van der Waals surface area contributed by atoms with E-state index in [1.165, 1.54) is 6.42 Å². The molecule has 0 radical (unpaired) electrons. The van der Waals surface area contributed by atoms with E-state index in [1.807, 2.05) is 0 Å². The number of carboxylic acids is 1. The van der Waals surface area contributed by atoms with E-state index in [-0.39, 0.29) is 5.92 Å². The largest absolute Gasteiger partial charge is 0.481 e. The normalized spacial score (nSPS) is 36.9. The van der Waals surface area contributed by atoms with Crippen LogP contribution in [0, 0.1) is 11.3 Å². The van der Waals surface area contributed by atoms with Crippen molar-refractivity contribution in [1.82, 2.24) is 4.90 Å². The van der Waals surface area contributed by atoms with Crippen molar-refractivity contribution >= 4 is 5.97 Å². The number of hydrogen-bond acceptors (Lipinski definition) is 2. The molecule has 1 N–H and O–H groups in total. The topological polar surface area (TPSA) is 40.5 Å². The standard InChI is InChI=1S/C12H21NO2/c1-9(2)13-6-5-12(8-13)4-3-10(7-12)11(14)15/h9-10H,3-8H2,1-2H3,(H,14,15)/t10-,12-/m0/s1. The molecule has 15 heavy (non-hydrogen) atoms. The molecular weight excluding hydrogens is 190 g/mol. The van der Waals surface area contributed by atoms with E-state index in [4.69, 9.17) is 5.11 Å². The minimum atomic E-state index is -0.588. The van der Waals surface area contributed by atoms with Gasteiger partial charge in [-0.1, -0.05) is 0 Å². The predicted molar refractivity (Wildman–Crippen MR) is 58.7 cm³/mol. The Hall–Kier alpha value is -0.570. The van der Waals surface area contributed by atoms with Gasteiger partial charge >= 0.3 is 5.97 Å². The predicted octanol–water partition coefficient (Wildman–Crippen LogP) is 1.97. The van der Waals surface area contributed by atoms with Crippen molar-refractivity contribution in [3.05, 3.63) is 0 Å². The summed E-state index contributed by atoms with van der Waals surface area (Å²) in [6.45, 7) is 6.73. The number of carboxylic acid groups (broad SMARTS) is 1. The van der Waals surface area contributed by atoms with Crippen molar-refractivity contribution in [3.63, 3.8) is 0 Å². The minimum Gasteiger partial charge on any atom is -0.481 e. The number of carbonyl (C=O) groups is 1. The zero-order chi connectivity index (χ0) is 11.1. The molecule has 2 aliphatic rings. The summed E-state index contributed by atoms with van der Waals surface area (Å²) in [4.78, 5) is 13.4. The molecule has 0 aromatic heterocycles. The molecule has 2 rings (SSSR count). The van der Waals surface area contributed by atoms with Gasteiger partial charge in [0.05, 0.1) is 5.92 Å². The summed E-state index contributed by atoms with van der Waals surface area (Å²) in [5.74, 6) is -0.660. The summed E-state index contributed by atoms with van der Waals surface area (Å²) in [6, 6.07) is 0.605. The Labute approximate surface area is 91.5 Å². The fourth-order valence-electron chi connectivity index (χ4n) is 3.20. The Morgan fingerprint density at radius 1 is 1.47 bits per heavy atom. The maximum atomic E-state index is 10.9. The van der Waals surface area contributed by atoms with Gasteiger partial charge < -0.3 is 10.0 Å². The lowest BCUT2D eigenvalue weighted by Crippen LogP contribution is -2.31. The van der Waals surface area contributed by atoms with Gasteiger partial charge in [0.25, 0.3) is 0 Å². The summed E-state index contributed by atoms with van der Waals surface area (Å²) in [5, 5.41) is 9.02. The Morgan fingerprint density at radius 2 is 2.20 bits per heavy atom. The Morgan fingerprint density at radius 3 is 2.67 bits per heavy atom. The highest BCUT2D eigenvalue weighted by Gasteiger charge is 2.46. The molecular formula is C12H21NO2. The van der Waals surface area contributed by atoms with Crippen molar-refractivity contribution < 1.29 is 9.90 Å². The smallest absolute Gasteiger partial charge is 0.306 e. The van der Waals surface area contributed by atoms with Crippen molar-refractivity contribution in [2.45, 2.75) is 45.6 Å². The van der Waals surface area contributed by atoms with Gasteiger partial charge in [-0.2, -0.15) is 0 Å². The number of aliphatic carboxylic acids is 1. The van der Waals surface area contributed by atoms with Crippen LogP contribution in [0.4, 0.5) is 0 Å². The fourth-order valence-corrected chi connectivity index (χ4v) is 3.20. The molecule has 1 aliphatic carbocycles. The highest BCUT2D eigenvalue weighted by Crippen LogP contribution is 2.48. The lowest BCUT2D eigenvalue weighted by molar-refractivity contribution is -0.141. The van der Waals surface area contributed by atoms with Gasteiger partial charge in [-0.05, 0) is 51.5 Å². The molecule has 0 aromatic rings. The number of nitrogens with zero attached hydrogens (tertiary/aromatic N) is 1. The lowest BCUT2D eigenvalue weighted by atomic mass is 9.84. The zero-order valence-corrected chi connectivity index (χ0v) is 9.70. The molecule has 0 amide bonds. The van der Waals surface area contributed by atoms with Crippen molar-refractivity contribution in [1.29, 1.82) is 0 Å². The van der Waals surface area contributed by atoms with Gasteiger partial charge in [-0.25, -0.2) is 0 Å². The molecule has 0 bridgehead atoms. The maximum absolute atomic E-state index is 10.9. The first-order valence-electron chi connectivity index (χ1n) is 5.99. The van der Waals surface area contributed by atoms with E-state index in [0.29, 0.717) is 11.5 Å². The first-order chi connectivity index (χ1) is 7.02. The average Bonchev–Trinajstić information content (AvgIpc) is 2.74. The molecule has 1 heterocycles. The molecule has 3 nitrogen and oxygen atoms in total. The lowest BCUT2D eigenvalue weighted by Gasteiger charge is -2.26. The van der Waals surface area contributed by atoms with Crippen LogP contribution in [0.5, 0.6) is 0 Å². The Bertz CT molecular complexity index is 264. The fraction of sp³-hybridized carbons (Fsp3) is 0.917. The van der Waals surface area contributed by atoms with E-state index in [9.17, 15) is 4.79 Å². The van der Waals surface area contributed by atoms with Crippen LogP contribution in [0.2, 0.25) is 0 Å². The summed E-state index contributed by atoms with van der Waals surface area (Å²) >= 11 is 0. The molecule has 0 unspecified atom stereocenters. The van der Waals surface area contributed by atoms with Gasteiger partial charge in [0.2, 0.25) is 0 Å². The quantitative estimate of drug-likeness (QED) is 0.759. The van der Waals surface area contributed by atoms with Gasteiger partial charge in [0, 0.05) is 12.6 Å². The summed E-state index contributed by atoms with van der Waals surface area (Å²) in [5.41, 5.74) is 0.341. The van der Waals surface area contributed by atoms with Crippen LogP contribution in [-0.2, 0) is 4.79 Å². The minimum absolute atomic E-state index is 0.0721. The monoisotopic (exact) mass is 211 g/mol. The Balaban J connectivity index is 1.98. The molecule has 2 atom stereocenters. The molecule has 1 saturated heterocycles. The first-order valence-corrected chi connectivity index (χ1v) is 5.99. The number of likely N-dealkylation sites (tertiary alicyclic amines) is 1. The van der Waals surface area contributed by atoms with Crippen LogP contribution in [0.1, 0.15) is 39.5 Å². The third kappa shape index (κ3) is 2.03. The molecule has 86 valence electrons. The SMILES string of the molecule is CC(C)N1CC[C@]2(CC[C@H](C(=O)O)C2)C1. The summed E-state index contributed by atoms with van der Waals surface area (Å²) in [6.07, 6.45) is 4.12. The van der Waals surface area contributed by atoms with Gasteiger partial charge in [0.1, 0.15) is 0 Å². The second-order valence-electron chi connectivity index (χ2n) is 5.59. The summed E-state index contributed by atoms with van der Waals surface area (Å²) in [7, 11) is 0. The summed E-state index contributed by atoms with van der Waals surface area (Å²) < 4.78 is 0. The molecule has 0 aromatic carbocycles. The third-order valence-electron chi connectivity index (χ3n) is 4.25. The van der Waals surface area contributed by atoms with E-state index in [0.717, 1.165) is 32.4 Å². The van der Waals surface area contributed by atoms with Crippen LogP contribution in [0.3, 0.4) is 0 Å². The average molecular weight is 211 g/mol. The van der Waals surface area contributed by atoms with E-state index < -0.39 is 5.97 Å². The Kier molecular flexibility index (Phi) is 2.75. The second kappa shape index (κ2) is 3.78. The molecule has 3 heteroatoms. The highest BCUT2D eigenvalue weighted by molar-refractivity contribution is 5.70. The number of hydrogen-bond donors (Lipinski definition) is 1. The number of rotatable bonds is 2. The maximum Gasteiger partial charge on any atom is 0.306 e. The van der Waals surface area contributed by atoms with Gasteiger partial charge in [-0.3, -0.25) is 4.79 Å². The van der Waals surface area contributed by atoms with E-state index in [1.54, 1.807) is 0 Å². The molecule has 1 saturated carbocycles. The van der Waals surface area contributed by atoms with Crippen molar-refractivity contribution in [2.75, 3.05) is 13.1 Å². The van der Waals surface area contributed by atoms with E-state index >= 15 is 0 Å². The highest BCUT2D eigenvalue weighted by atomic mass is 16.4. The molecule has 2 fully saturated rings. The van der Waals surface area contributed by atoms with Crippen LogP contribution in [-0.4, -0.2) is 35.1 Å². The molecule has 1 aliphatic heterocycles.